The predicted octanol–water partition coefficient (Wildman–Crippen LogP) is 8.85. The van der Waals surface area contributed by atoms with Crippen LogP contribution in [-0.4, -0.2) is 4.98 Å². The van der Waals surface area contributed by atoms with Gasteiger partial charge in [-0.25, -0.2) is 0 Å². The molecule has 1 unspecified atom stereocenters. The monoisotopic (exact) mass is 439 g/mol. The molecule has 0 amide bonds. The van der Waals surface area contributed by atoms with E-state index < -0.39 is 0 Å². The van der Waals surface area contributed by atoms with Crippen LogP contribution < -0.4 is 0 Å². The third kappa shape index (κ3) is 3.54. The van der Waals surface area contributed by atoms with Crippen molar-refractivity contribution in [1.29, 1.82) is 0 Å². The molecule has 0 bridgehead atoms. The second-order valence-electron chi connectivity index (χ2n) is 11.1. The largest absolute Gasteiger partial charge is 0.264 e. The summed E-state index contributed by atoms with van der Waals surface area (Å²) in [4.78, 5) is 4.45. The molecule has 1 heteroatoms. The van der Waals surface area contributed by atoms with Crippen LogP contribution in [0.2, 0.25) is 0 Å². The summed E-state index contributed by atoms with van der Waals surface area (Å²) in [6.07, 6.45) is 18.5. The van der Waals surface area contributed by atoms with E-state index in [-0.39, 0.29) is 0 Å². The Morgan fingerprint density at radius 2 is 1.70 bits per heavy atom. The highest BCUT2D eigenvalue weighted by molar-refractivity contribution is 5.72. The second-order valence-corrected chi connectivity index (χ2v) is 11.1. The smallest absolute Gasteiger partial charge is 0.0343 e. The maximum Gasteiger partial charge on any atom is 0.0343 e. The summed E-state index contributed by atoms with van der Waals surface area (Å²) in [5, 5.41) is 0. The third-order valence-corrected chi connectivity index (χ3v) is 9.82. The summed E-state index contributed by atoms with van der Waals surface area (Å²) in [5.41, 5.74) is 6.96. The third-order valence-electron chi connectivity index (χ3n) is 9.82. The van der Waals surface area contributed by atoms with Gasteiger partial charge in [-0.3, -0.25) is 4.98 Å². The number of pyridine rings is 1. The van der Waals surface area contributed by atoms with Gasteiger partial charge in [0.1, 0.15) is 0 Å². The van der Waals surface area contributed by atoms with Crippen LogP contribution in [-0.2, 0) is 0 Å². The number of aromatic nitrogens is 1. The van der Waals surface area contributed by atoms with Crippen LogP contribution >= 0.6 is 0 Å². The Hall–Kier alpha value is -2.15. The lowest BCUT2D eigenvalue weighted by Crippen LogP contribution is -2.51. The molecule has 2 aromatic rings. The molecule has 1 nitrogen and oxygen atoms in total. The molecule has 6 atom stereocenters. The first-order valence-corrected chi connectivity index (χ1v) is 13.5. The van der Waals surface area contributed by atoms with Crippen LogP contribution in [0.5, 0.6) is 0 Å². The zero-order valence-corrected chi connectivity index (χ0v) is 21.1. The van der Waals surface area contributed by atoms with E-state index in [1.807, 2.05) is 20.0 Å². The molecule has 33 heavy (non-hydrogen) atoms. The highest BCUT2D eigenvalue weighted by Crippen LogP contribution is 2.68. The van der Waals surface area contributed by atoms with Crippen LogP contribution in [0.4, 0.5) is 0 Å². The Balaban J connectivity index is 0.00000111. The Kier molecular flexibility index (Phi) is 6.10. The summed E-state index contributed by atoms with van der Waals surface area (Å²) >= 11 is 0. The first-order chi connectivity index (χ1) is 16.1. The lowest BCUT2D eigenvalue weighted by Gasteiger charge is -2.60. The van der Waals surface area contributed by atoms with Crippen LogP contribution in [0.1, 0.15) is 89.7 Å². The van der Waals surface area contributed by atoms with Crippen LogP contribution in [0.15, 0.2) is 72.6 Å². The molecule has 0 spiro atoms. The standard InChI is InChI=1S/C30H35N.C2H6/c1-29-16-7-6-12-26(29)23(21-9-4-3-5-10-21)19-24-27-14-13-25(22-11-8-18-31-20-22)30(27,2)17-15-28(24)29;1-2/h3-5,8-13,18,20,23-24,27-28H,6-7,14-17,19H2,1-2H3;1-2H3/t23?,24-,27-,28-,29-,30+;/m0./s1. The highest BCUT2D eigenvalue weighted by atomic mass is 14.6. The molecule has 4 aliphatic carbocycles. The Morgan fingerprint density at radius 1 is 0.879 bits per heavy atom. The van der Waals surface area contributed by atoms with Crippen molar-refractivity contribution in [3.63, 3.8) is 0 Å². The maximum atomic E-state index is 4.45. The fraction of sp³-hybridized carbons (Fsp3) is 0.531. The molecular formula is C32H41N. The summed E-state index contributed by atoms with van der Waals surface area (Å²) in [6.45, 7) is 9.21. The number of nitrogens with zero attached hydrogens (tertiary/aromatic N) is 1. The van der Waals surface area contributed by atoms with Gasteiger partial charge in [-0.2, -0.15) is 0 Å². The predicted molar refractivity (Wildman–Crippen MR) is 140 cm³/mol. The summed E-state index contributed by atoms with van der Waals surface area (Å²) < 4.78 is 0. The van der Waals surface area contributed by atoms with E-state index in [4.69, 9.17) is 0 Å². The molecule has 4 aliphatic rings. The molecule has 1 aromatic heterocycles. The number of hydrogen-bond donors (Lipinski definition) is 0. The maximum absolute atomic E-state index is 4.45. The fourth-order valence-corrected chi connectivity index (χ4v) is 8.39. The van der Waals surface area contributed by atoms with Crippen LogP contribution in [0, 0.1) is 28.6 Å². The van der Waals surface area contributed by atoms with E-state index in [0.29, 0.717) is 16.7 Å². The van der Waals surface area contributed by atoms with Crippen LogP contribution in [0.25, 0.3) is 5.57 Å². The number of rotatable bonds is 2. The van der Waals surface area contributed by atoms with Gasteiger partial charge in [-0.15, -0.1) is 0 Å². The highest BCUT2D eigenvalue weighted by Gasteiger charge is 2.58. The molecule has 0 saturated heterocycles. The van der Waals surface area contributed by atoms with Gasteiger partial charge in [-0.1, -0.05) is 81.8 Å². The number of fused-ring (bicyclic) bond motifs is 5. The van der Waals surface area contributed by atoms with Gasteiger partial charge < -0.3 is 0 Å². The quantitative estimate of drug-likeness (QED) is 0.426. The number of benzene rings is 1. The first kappa shape index (κ1) is 22.6. The summed E-state index contributed by atoms with van der Waals surface area (Å²) in [6, 6.07) is 15.8. The van der Waals surface area contributed by atoms with Crippen molar-refractivity contribution in [2.75, 3.05) is 0 Å². The minimum atomic E-state index is 0.303. The molecule has 0 aliphatic heterocycles. The molecular weight excluding hydrogens is 398 g/mol. The van der Waals surface area contributed by atoms with Crippen molar-refractivity contribution in [1.82, 2.24) is 4.98 Å². The SMILES string of the molecule is CC.C[C@]12CCCC=C1C(c1ccccc1)C[C@@H]1[C@@H]2CC[C@]2(C)C(c3cccnc3)=CC[C@@H]12. The van der Waals surface area contributed by atoms with Crippen molar-refractivity contribution in [2.45, 2.75) is 78.6 Å². The fourth-order valence-electron chi connectivity index (χ4n) is 8.39. The average molecular weight is 440 g/mol. The zero-order chi connectivity index (χ0) is 23.1. The minimum Gasteiger partial charge on any atom is -0.264 e. The van der Waals surface area contributed by atoms with Crippen molar-refractivity contribution in [3.8, 4) is 0 Å². The van der Waals surface area contributed by atoms with E-state index in [1.54, 1.807) is 16.7 Å². The minimum absolute atomic E-state index is 0.303. The van der Waals surface area contributed by atoms with Gasteiger partial charge in [-0.05, 0) is 96.3 Å². The molecule has 1 heterocycles. The molecule has 2 fully saturated rings. The number of allylic oxidation sites excluding steroid dienone is 4. The van der Waals surface area contributed by atoms with Crippen molar-refractivity contribution in [2.24, 2.45) is 28.6 Å². The topological polar surface area (TPSA) is 12.9 Å². The van der Waals surface area contributed by atoms with Gasteiger partial charge in [0.2, 0.25) is 0 Å². The van der Waals surface area contributed by atoms with E-state index >= 15 is 0 Å². The molecule has 174 valence electrons. The molecule has 2 saturated carbocycles. The van der Waals surface area contributed by atoms with Gasteiger partial charge in [0.25, 0.3) is 0 Å². The first-order valence-electron chi connectivity index (χ1n) is 13.5. The van der Waals surface area contributed by atoms with Gasteiger partial charge in [0, 0.05) is 18.3 Å². The lowest BCUT2D eigenvalue weighted by molar-refractivity contribution is -0.0278. The van der Waals surface area contributed by atoms with Gasteiger partial charge >= 0.3 is 0 Å². The van der Waals surface area contributed by atoms with E-state index in [0.717, 1.165) is 17.8 Å². The normalized spacial score (nSPS) is 36.8. The lowest BCUT2D eigenvalue weighted by atomic mass is 9.44. The van der Waals surface area contributed by atoms with Gasteiger partial charge in [0.05, 0.1) is 0 Å². The second kappa shape index (κ2) is 8.90. The van der Waals surface area contributed by atoms with Crippen molar-refractivity contribution in [3.05, 3.63) is 83.7 Å². The van der Waals surface area contributed by atoms with Crippen molar-refractivity contribution >= 4 is 5.57 Å². The summed E-state index contributed by atoms with van der Waals surface area (Å²) in [5.74, 6) is 3.04. The molecule has 1 aromatic carbocycles. The Labute approximate surface area is 201 Å². The van der Waals surface area contributed by atoms with E-state index in [2.05, 4.69) is 79.6 Å². The average Bonchev–Trinajstić information content (AvgIpc) is 3.23. The van der Waals surface area contributed by atoms with Crippen LogP contribution in [0.3, 0.4) is 0 Å². The number of hydrogen-bond acceptors (Lipinski definition) is 1. The molecule has 0 N–H and O–H groups in total. The summed E-state index contributed by atoms with van der Waals surface area (Å²) in [7, 11) is 0. The van der Waals surface area contributed by atoms with E-state index in [1.165, 1.54) is 50.5 Å². The zero-order valence-electron chi connectivity index (χ0n) is 21.1. The Morgan fingerprint density at radius 3 is 2.45 bits per heavy atom. The molecule has 0 radical (unpaired) electrons. The van der Waals surface area contributed by atoms with E-state index in [9.17, 15) is 0 Å². The molecule has 6 rings (SSSR count). The van der Waals surface area contributed by atoms with Crippen molar-refractivity contribution < 1.29 is 0 Å². The Bertz CT molecular complexity index is 1020. The van der Waals surface area contributed by atoms with Gasteiger partial charge in [0.15, 0.2) is 0 Å².